The number of nitrogens with zero attached hydrogens (tertiary/aromatic N) is 3. The van der Waals surface area contributed by atoms with Crippen LogP contribution in [-0.4, -0.2) is 23.2 Å². The first kappa shape index (κ1) is 19.0. The first-order valence-corrected chi connectivity index (χ1v) is 10.8. The highest BCUT2D eigenvalue weighted by molar-refractivity contribution is 7.92. The Morgan fingerprint density at radius 3 is 2.57 bits per heavy atom. The SMILES string of the molecule is Cc1ccc(NS(=O)(=O)c2c(C)c(-c3nnc(C4CC4)o3)n(C)c2C)cc1Cl. The van der Waals surface area contributed by atoms with Crippen LogP contribution < -0.4 is 4.72 Å². The molecular formula is C19H21ClN4O3S. The molecule has 1 N–H and O–H groups in total. The molecule has 3 aromatic rings. The number of hydrogen-bond acceptors (Lipinski definition) is 5. The maximum atomic E-state index is 13.1. The van der Waals surface area contributed by atoms with Gasteiger partial charge in [-0.15, -0.1) is 10.2 Å². The van der Waals surface area contributed by atoms with E-state index in [9.17, 15) is 8.42 Å². The molecule has 1 aromatic carbocycles. The van der Waals surface area contributed by atoms with Crippen molar-refractivity contribution in [2.75, 3.05) is 4.72 Å². The fourth-order valence-corrected chi connectivity index (χ4v) is 5.08. The quantitative estimate of drug-likeness (QED) is 0.663. The molecule has 0 saturated heterocycles. The number of nitrogens with one attached hydrogen (secondary N) is 1. The summed E-state index contributed by atoms with van der Waals surface area (Å²) in [5, 5.41) is 8.76. The molecule has 0 aliphatic heterocycles. The number of hydrogen-bond donors (Lipinski definition) is 1. The second-order valence-corrected chi connectivity index (χ2v) is 9.26. The standard InChI is InChI=1S/C19H21ClN4O3S/c1-10-5-8-14(9-15(10)20)23-28(25,26)17-11(2)16(24(4)12(17)3)19-22-21-18(27-19)13-6-7-13/h5,8-9,13,23H,6-7H2,1-4H3. The summed E-state index contributed by atoms with van der Waals surface area (Å²) in [5.41, 5.74) is 3.05. The van der Waals surface area contributed by atoms with Crippen LogP contribution in [0.4, 0.5) is 5.69 Å². The van der Waals surface area contributed by atoms with E-state index in [-0.39, 0.29) is 4.90 Å². The highest BCUT2D eigenvalue weighted by atomic mass is 35.5. The van der Waals surface area contributed by atoms with Gasteiger partial charge in [-0.1, -0.05) is 17.7 Å². The van der Waals surface area contributed by atoms with Gasteiger partial charge in [0.15, 0.2) is 0 Å². The molecule has 0 unspecified atom stereocenters. The molecule has 148 valence electrons. The van der Waals surface area contributed by atoms with Crippen LogP contribution in [-0.2, 0) is 17.1 Å². The third kappa shape index (κ3) is 3.20. The van der Waals surface area contributed by atoms with E-state index in [1.165, 1.54) is 0 Å². The van der Waals surface area contributed by atoms with Crippen LogP contribution >= 0.6 is 11.6 Å². The summed E-state index contributed by atoms with van der Waals surface area (Å²) in [4.78, 5) is 0.202. The maximum Gasteiger partial charge on any atom is 0.264 e. The number of benzene rings is 1. The van der Waals surface area contributed by atoms with Crippen molar-refractivity contribution in [1.82, 2.24) is 14.8 Å². The van der Waals surface area contributed by atoms with Gasteiger partial charge in [0.2, 0.25) is 5.89 Å². The molecular weight excluding hydrogens is 400 g/mol. The van der Waals surface area contributed by atoms with Crippen LogP contribution in [0.3, 0.4) is 0 Å². The smallest absolute Gasteiger partial charge is 0.264 e. The summed E-state index contributed by atoms with van der Waals surface area (Å²) in [6, 6.07) is 5.06. The van der Waals surface area contributed by atoms with Crippen molar-refractivity contribution in [2.24, 2.45) is 7.05 Å². The summed E-state index contributed by atoms with van der Waals surface area (Å²) in [6.45, 7) is 5.37. The van der Waals surface area contributed by atoms with E-state index in [2.05, 4.69) is 14.9 Å². The minimum Gasteiger partial charge on any atom is -0.419 e. The number of sulfonamides is 1. The average Bonchev–Trinajstić information content (AvgIpc) is 3.31. The summed E-state index contributed by atoms with van der Waals surface area (Å²) < 4.78 is 36.5. The molecule has 2 heterocycles. The monoisotopic (exact) mass is 420 g/mol. The molecule has 0 amide bonds. The highest BCUT2D eigenvalue weighted by Gasteiger charge is 2.32. The van der Waals surface area contributed by atoms with E-state index in [1.807, 2.05) is 6.92 Å². The zero-order valence-electron chi connectivity index (χ0n) is 16.1. The Labute approximate surface area is 168 Å². The predicted molar refractivity (Wildman–Crippen MR) is 107 cm³/mol. The molecule has 28 heavy (non-hydrogen) atoms. The summed E-state index contributed by atoms with van der Waals surface area (Å²) >= 11 is 6.13. The number of aromatic nitrogens is 3. The second kappa shape index (κ2) is 6.63. The number of rotatable bonds is 5. The molecule has 0 radical (unpaired) electrons. The molecule has 0 spiro atoms. The van der Waals surface area contributed by atoms with Gasteiger partial charge < -0.3 is 8.98 Å². The van der Waals surface area contributed by atoms with Gasteiger partial charge in [-0.05, 0) is 51.3 Å². The lowest BCUT2D eigenvalue weighted by Gasteiger charge is -2.10. The molecule has 9 heteroatoms. The first-order chi connectivity index (χ1) is 13.2. The van der Waals surface area contributed by atoms with Crippen LogP contribution in [0.2, 0.25) is 5.02 Å². The van der Waals surface area contributed by atoms with Gasteiger partial charge in [0.25, 0.3) is 15.9 Å². The largest absolute Gasteiger partial charge is 0.419 e. The molecule has 1 aliphatic rings. The molecule has 1 fully saturated rings. The van der Waals surface area contributed by atoms with Gasteiger partial charge in [0.05, 0.1) is 5.69 Å². The van der Waals surface area contributed by atoms with E-state index < -0.39 is 10.0 Å². The third-order valence-corrected chi connectivity index (χ3v) is 7.18. The van der Waals surface area contributed by atoms with Crippen molar-refractivity contribution in [1.29, 1.82) is 0 Å². The molecule has 1 saturated carbocycles. The normalized spacial score (nSPS) is 14.5. The fraction of sp³-hybridized carbons (Fsp3) is 0.368. The van der Waals surface area contributed by atoms with E-state index in [1.54, 1.807) is 43.7 Å². The number of halogens is 1. The Morgan fingerprint density at radius 1 is 1.21 bits per heavy atom. The maximum absolute atomic E-state index is 13.1. The van der Waals surface area contributed by atoms with Gasteiger partial charge >= 0.3 is 0 Å². The van der Waals surface area contributed by atoms with Crippen molar-refractivity contribution >= 4 is 27.3 Å². The zero-order valence-corrected chi connectivity index (χ0v) is 17.6. The third-order valence-electron chi connectivity index (χ3n) is 5.13. The van der Waals surface area contributed by atoms with Gasteiger partial charge in [-0.3, -0.25) is 4.72 Å². The Morgan fingerprint density at radius 2 is 1.93 bits per heavy atom. The number of aryl methyl sites for hydroxylation is 1. The van der Waals surface area contributed by atoms with Crippen molar-refractivity contribution in [2.45, 2.75) is 44.4 Å². The predicted octanol–water partition coefficient (Wildman–Crippen LogP) is 4.33. The fourth-order valence-electron chi connectivity index (χ4n) is 3.34. The molecule has 0 bridgehead atoms. The van der Waals surface area contributed by atoms with Gasteiger partial charge in [-0.2, -0.15) is 0 Å². The Balaban J connectivity index is 1.75. The van der Waals surface area contributed by atoms with Gasteiger partial charge in [0.1, 0.15) is 10.6 Å². The van der Waals surface area contributed by atoms with E-state index >= 15 is 0 Å². The van der Waals surface area contributed by atoms with Crippen molar-refractivity contribution in [3.05, 3.63) is 45.9 Å². The van der Waals surface area contributed by atoms with Crippen LogP contribution in [0, 0.1) is 20.8 Å². The molecule has 7 nitrogen and oxygen atoms in total. The van der Waals surface area contributed by atoms with Crippen LogP contribution in [0.25, 0.3) is 11.6 Å². The van der Waals surface area contributed by atoms with E-state index in [0.29, 0.717) is 45.4 Å². The summed E-state index contributed by atoms with van der Waals surface area (Å²) in [5.74, 6) is 1.29. The highest BCUT2D eigenvalue weighted by Crippen LogP contribution is 2.41. The Kier molecular flexibility index (Phi) is 4.50. The van der Waals surface area contributed by atoms with Crippen LogP contribution in [0.1, 0.15) is 41.5 Å². The van der Waals surface area contributed by atoms with Gasteiger partial charge in [0, 0.05) is 29.2 Å². The zero-order chi connectivity index (χ0) is 20.2. The minimum atomic E-state index is -3.83. The lowest BCUT2D eigenvalue weighted by atomic mass is 10.2. The summed E-state index contributed by atoms with van der Waals surface area (Å²) in [7, 11) is -2.04. The molecule has 2 aromatic heterocycles. The van der Waals surface area contributed by atoms with Gasteiger partial charge in [-0.25, -0.2) is 8.42 Å². The lowest BCUT2D eigenvalue weighted by Crippen LogP contribution is -2.15. The molecule has 4 rings (SSSR count). The van der Waals surface area contributed by atoms with Crippen molar-refractivity contribution in [3.8, 4) is 11.6 Å². The molecule has 0 atom stereocenters. The van der Waals surface area contributed by atoms with Crippen molar-refractivity contribution in [3.63, 3.8) is 0 Å². The molecule has 1 aliphatic carbocycles. The minimum absolute atomic E-state index is 0.202. The Hall–Kier alpha value is -2.32. The van der Waals surface area contributed by atoms with Crippen LogP contribution in [0.15, 0.2) is 27.5 Å². The lowest BCUT2D eigenvalue weighted by molar-refractivity contribution is 0.504. The van der Waals surface area contributed by atoms with E-state index in [0.717, 1.165) is 18.4 Å². The number of anilines is 1. The van der Waals surface area contributed by atoms with Crippen LogP contribution in [0.5, 0.6) is 0 Å². The second-order valence-electron chi connectivity index (χ2n) is 7.24. The average molecular weight is 421 g/mol. The van der Waals surface area contributed by atoms with Crippen molar-refractivity contribution < 1.29 is 12.8 Å². The Bertz CT molecular complexity index is 1180. The topological polar surface area (TPSA) is 90.0 Å². The summed E-state index contributed by atoms with van der Waals surface area (Å²) in [6.07, 6.45) is 2.10. The first-order valence-electron chi connectivity index (χ1n) is 8.97. The van der Waals surface area contributed by atoms with E-state index in [4.69, 9.17) is 16.0 Å².